The predicted molar refractivity (Wildman–Crippen MR) is 80.4 cm³/mol. The van der Waals surface area contributed by atoms with Gasteiger partial charge in [-0.15, -0.1) is 0 Å². The lowest BCUT2D eigenvalue weighted by Gasteiger charge is -2.22. The van der Waals surface area contributed by atoms with Crippen LogP contribution in [0.1, 0.15) is 79.1 Å². The van der Waals surface area contributed by atoms with Gasteiger partial charge in [-0.1, -0.05) is 72.3 Å². The summed E-state index contributed by atoms with van der Waals surface area (Å²) in [5.74, 6) is 1.99. The Balaban J connectivity index is 4.02. The molecule has 0 radical (unpaired) electrons. The summed E-state index contributed by atoms with van der Waals surface area (Å²) in [6.07, 6.45) is 12.9. The standard InChI is InChI=1S/C17H33F/c1-5-7-9-17(10-8-6-2)14-16(4)13-15(3)11-12-18/h11-12,15-17H,5-10,13-14H2,1-4H3/b12-11-. The van der Waals surface area contributed by atoms with Gasteiger partial charge >= 0.3 is 0 Å². The first kappa shape index (κ1) is 17.7. The number of halogens is 1. The number of rotatable bonds is 11. The quantitative estimate of drug-likeness (QED) is 0.395. The van der Waals surface area contributed by atoms with Crippen molar-refractivity contribution in [1.82, 2.24) is 0 Å². The van der Waals surface area contributed by atoms with Crippen LogP contribution in [0.25, 0.3) is 0 Å². The maximum Gasteiger partial charge on any atom is 0.0829 e. The number of hydrogen-bond acceptors (Lipinski definition) is 0. The van der Waals surface area contributed by atoms with Crippen LogP contribution >= 0.6 is 0 Å². The Kier molecular flexibility index (Phi) is 11.5. The van der Waals surface area contributed by atoms with Crippen LogP contribution in [0, 0.1) is 17.8 Å². The van der Waals surface area contributed by atoms with Gasteiger partial charge in [0, 0.05) is 0 Å². The third kappa shape index (κ3) is 9.67. The smallest absolute Gasteiger partial charge is 0.0829 e. The minimum absolute atomic E-state index is 0.378. The van der Waals surface area contributed by atoms with E-state index in [1.807, 2.05) is 0 Å². The monoisotopic (exact) mass is 256 g/mol. The molecule has 0 fully saturated rings. The molecule has 0 aliphatic rings. The highest BCUT2D eigenvalue weighted by Gasteiger charge is 2.14. The molecule has 0 aromatic heterocycles. The highest BCUT2D eigenvalue weighted by atomic mass is 19.1. The molecule has 0 N–H and O–H groups in total. The molecule has 18 heavy (non-hydrogen) atoms. The van der Waals surface area contributed by atoms with Crippen molar-refractivity contribution in [1.29, 1.82) is 0 Å². The van der Waals surface area contributed by atoms with Gasteiger partial charge in [-0.05, 0) is 30.6 Å². The molecule has 0 aliphatic carbocycles. The Bertz CT molecular complexity index is 190. The van der Waals surface area contributed by atoms with Crippen molar-refractivity contribution in [2.24, 2.45) is 17.8 Å². The lowest BCUT2D eigenvalue weighted by molar-refractivity contribution is 0.310. The first-order chi connectivity index (χ1) is 8.63. The summed E-state index contributed by atoms with van der Waals surface area (Å²) >= 11 is 0. The van der Waals surface area contributed by atoms with Gasteiger partial charge in [0.2, 0.25) is 0 Å². The minimum Gasteiger partial charge on any atom is -0.216 e. The SMILES string of the molecule is CCCCC(CCCC)CC(C)CC(C)/C=C\F. The van der Waals surface area contributed by atoms with Crippen molar-refractivity contribution in [3.05, 3.63) is 12.4 Å². The molecule has 2 atom stereocenters. The van der Waals surface area contributed by atoms with E-state index >= 15 is 0 Å². The number of hydrogen-bond donors (Lipinski definition) is 0. The number of allylic oxidation sites excluding steroid dienone is 1. The Morgan fingerprint density at radius 3 is 1.94 bits per heavy atom. The Morgan fingerprint density at radius 1 is 0.944 bits per heavy atom. The van der Waals surface area contributed by atoms with E-state index in [1.165, 1.54) is 44.9 Å². The number of unbranched alkanes of at least 4 members (excludes halogenated alkanes) is 2. The molecule has 108 valence electrons. The maximum absolute atomic E-state index is 12.1. The van der Waals surface area contributed by atoms with Crippen LogP contribution < -0.4 is 0 Å². The maximum atomic E-state index is 12.1. The fourth-order valence-corrected chi connectivity index (χ4v) is 2.87. The van der Waals surface area contributed by atoms with E-state index < -0.39 is 0 Å². The summed E-state index contributed by atoms with van der Waals surface area (Å²) in [6, 6.07) is 0. The first-order valence-corrected chi connectivity index (χ1v) is 7.90. The van der Waals surface area contributed by atoms with E-state index in [9.17, 15) is 4.39 Å². The molecular weight excluding hydrogens is 223 g/mol. The minimum atomic E-state index is 0.378. The molecule has 0 aromatic rings. The molecule has 0 saturated heterocycles. The van der Waals surface area contributed by atoms with Crippen LogP contribution in [-0.2, 0) is 0 Å². The zero-order chi connectivity index (χ0) is 13.8. The van der Waals surface area contributed by atoms with Crippen molar-refractivity contribution in [3.63, 3.8) is 0 Å². The Labute approximate surface area is 114 Å². The van der Waals surface area contributed by atoms with Gasteiger partial charge < -0.3 is 0 Å². The van der Waals surface area contributed by atoms with Gasteiger partial charge in [0.05, 0.1) is 6.33 Å². The van der Waals surface area contributed by atoms with E-state index in [1.54, 1.807) is 6.08 Å². The fraction of sp³-hybridized carbons (Fsp3) is 0.882. The van der Waals surface area contributed by atoms with Crippen LogP contribution in [-0.4, -0.2) is 0 Å². The summed E-state index contributed by atoms with van der Waals surface area (Å²) in [6.45, 7) is 8.98. The molecule has 0 nitrogen and oxygen atoms in total. The van der Waals surface area contributed by atoms with Crippen molar-refractivity contribution >= 4 is 0 Å². The molecule has 0 rings (SSSR count). The second kappa shape index (κ2) is 11.7. The van der Waals surface area contributed by atoms with Crippen molar-refractivity contribution in [2.45, 2.75) is 79.1 Å². The van der Waals surface area contributed by atoms with Crippen molar-refractivity contribution in [3.8, 4) is 0 Å². The third-order valence-electron chi connectivity index (χ3n) is 3.84. The molecule has 0 amide bonds. The Hall–Kier alpha value is -0.330. The largest absolute Gasteiger partial charge is 0.216 e. The highest BCUT2D eigenvalue weighted by Crippen LogP contribution is 2.27. The molecular formula is C17H33F. The van der Waals surface area contributed by atoms with Gasteiger partial charge in [-0.3, -0.25) is 0 Å². The molecule has 0 spiro atoms. The zero-order valence-corrected chi connectivity index (χ0v) is 12.9. The average molecular weight is 256 g/mol. The van der Waals surface area contributed by atoms with Gasteiger partial charge in [-0.2, -0.15) is 0 Å². The summed E-state index contributed by atoms with van der Waals surface area (Å²) in [5, 5.41) is 0. The van der Waals surface area contributed by atoms with Gasteiger partial charge in [-0.25, -0.2) is 4.39 Å². The molecule has 2 unspecified atom stereocenters. The highest BCUT2D eigenvalue weighted by molar-refractivity contribution is 4.81. The van der Waals surface area contributed by atoms with Crippen LogP contribution in [0.3, 0.4) is 0 Å². The third-order valence-corrected chi connectivity index (χ3v) is 3.84. The molecule has 0 aromatic carbocycles. The summed E-state index contributed by atoms with van der Waals surface area (Å²) in [4.78, 5) is 0. The molecule has 0 saturated carbocycles. The second-order valence-corrected chi connectivity index (χ2v) is 6.02. The first-order valence-electron chi connectivity index (χ1n) is 7.90. The van der Waals surface area contributed by atoms with Crippen LogP contribution in [0.4, 0.5) is 4.39 Å². The molecule has 0 heterocycles. The molecule has 0 bridgehead atoms. The summed E-state index contributed by atoms with van der Waals surface area (Å²) in [7, 11) is 0. The lowest BCUT2D eigenvalue weighted by Crippen LogP contribution is -2.09. The van der Waals surface area contributed by atoms with E-state index in [-0.39, 0.29) is 0 Å². The lowest BCUT2D eigenvalue weighted by atomic mass is 9.84. The van der Waals surface area contributed by atoms with Crippen molar-refractivity contribution < 1.29 is 4.39 Å². The van der Waals surface area contributed by atoms with Crippen LogP contribution in [0.2, 0.25) is 0 Å². The second-order valence-electron chi connectivity index (χ2n) is 6.02. The van der Waals surface area contributed by atoms with Gasteiger partial charge in [0.15, 0.2) is 0 Å². The van der Waals surface area contributed by atoms with E-state index in [2.05, 4.69) is 27.7 Å². The van der Waals surface area contributed by atoms with Gasteiger partial charge in [0.1, 0.15) is 0 Å². The fourth-order valence-electron chi connectivity index (χ4n) is 2.87. The summed E-state index contributed by atoms with van der Waals surface area (Å²) in [5.41, 5.74) is 0. The van der Waals surface area contributed by atoms with Crippen LogP contribution in [0.15, 0.2) is 12.4 Å². The Morgan fingerprint density at radius 2 is 1.50 bits per heavy atom. The molecule has 0 aliphatic heterocycles. The topological polar surface area (TPSA) is 0 Å². The summed E-state index contributed by atoms with van der Waals surface area (Å²) < 4.78 is 12.1. The van der Waals surface area contributed by atoms with E-state index in [0.717, 1.165) is 18.3 Å². The van der Waals surface area contributed by atoms with E-state index in [4.69, 9.17) is 0 Å². The predicted octanol–water partition coefficient (Wildman–Crippen LogP) is 6.52. The normalized spacial score (nSPS) is 15.4. The molecule has 1 heteroatoms. The van der Waals surface area contributed by atoms with Crippen molar-refractivity contribution in [2.75, 3.05) is 0 Å². The van der Waals surface area contributed by atoms with Gasteiger partial charge in [0.25, 0.3) is 0 Å². The average Bonchev–Trinajstić information content (AvgIpc) is 2.32. The zero-order valence-electron chi connectivity index (χ0n) is 12.9. The van der Waals surface area contributed by atoms with Crippen LogP contribution in [0.5, 0.6) is 0 Å². The van der Waals surface area contributed by atoms with E-state index in [0.29, 0.717) is 12.2 Å².